The van der Waals surface area contributed by atoms with Crippen LogP contribution in [-0.4, -0.2) is 18.1 Å². The van der Waals surface area contributed by atoms with Crippen molar-refractivity contribution >= 4 is 5.82 Å². The van der Waals surface area contributed by atoms with Gasteiger partial charge in [0.25, 0.3) is 0 Å². The third-order valence-corrected chi connectivity index (χ3v) is 5.24. The topological polar surface area (TPSA) is 39.9 Å². The highest BCUT2D eigenvalue weighted by molar-refractivity contribution is 5.81. The van der Waals surface area contributed by atoms with Gasteiger partial charge in [0.15, 0.2) is 0 Å². The molecule has 0 spiro atoms. The van der Waals surface area contributed by atoms with Crippen LogP contribution in [0.15, 0.2) is 60.7 Å². The number of hydrogen-bond donors (Lipinski definition) is 0. The number of pyridine rings is 1. The number of nitrogens with zero attached hydrogens (tertiary/aromatic N) is 3. The zero-order valence-corrected chi connectivity index (χ0v) is 15.7. The molecule has 4 heteroatoms. The minimum Gasteiger partial charge on any atom is -0.355 e. The summed E-state index contributed by atoms with van der Waals surface area (Å²) in [5.74, 6) is 0.456. The standard InChI is InChI=1S/C24H22FN3/c25-20-12-10-18(11-13-20)21-16-23(19-8-4-3-5-9-19)27-24(22(21)17-26)28-14-6-1-2-7-15-28/h3-5,8-13,16H,1-2,6-7,14-15H2. The van der Waals surface area contributed by atoms with Crippen molar-refractivity contribution < 1.29 is 4.39 Å². The monoisotopic (exact) mass is 371 g/mol. The van der Waals surface area contributed by atoms with E-state index in [0.29, 0.717) is 5.56 Å². The van der Waals surface area contributed by atoms with Crippen LogP contribution in [0.25, 0.3) is 22.4 Å². The minimum atomic E-state index is -0.285. The van der Waals surface area contributed by atoms with Crippen molar-refractivity contribution in [2.45, 2.75) is 25.7 Å². The molecule has 0 bridgehead atoms. The van der Waals surface area contributed by atoms with E-state index >= 15 is 0 Å². The summed E-state index contributed by atoms with van der Waals surface area (Å²) >= 11 is 0. The third kappa shape index (κ3) is 3.75. The molecule has 0 unspecified atom stereocenters. The predicted molar refractivity (Wildman–Crippen MR) is 110 cm³/mol. The van der Waals surface area contributed by atoms with Crippen LogP contribution in [0.1, 0.15) is 31.2 Å². The van der Waals surface area contributed by atoms with Crippen molar-refractivity contribution in [1.82, 2.24) is 4.98 Å². The van der Waals surface area contributed by atoms with Gasteiger partial charge < -0.3 is 4.90 Å². The lowest BCUT2D eigenvalue weighted by Gasteiger charge is -2.24. The Labute approximate surface area is 165 Å². The molecule has 1 aromatic heterocycles. The maximum Gasteiger partial charge on any atom is 0.147 e. The van der Waals surface area contributed by atoms with Gasteiger partial charge in [0, 0.05) is 24.2 Å². The fourth-order valence-electron chi connectivity index (χ4n) is 3.77. The summed E-state index contributed by atoms with van der Waals surface area (Å²) in [7, 11) is 0. The smallest absolute Gasteiger partial charge is 0.147 e. The summed E-state index contributed by atoms with van der Waals surface area (Å²) < 4.78 is 13.5. The fourth-order valence-corrected chi connectivity index (χ4v) is 3.77. The summed E-state index contributed by atoms with van der Waals surface area (Å²) in [6, 6.07) is 20.6. The number of hydrogen-bond acceptors (Lipinski definition) is 3. The van der Waals surface area contributed by atoms with Gasteiger partial charge in [-0.2, -0.15) is 5.26 Å². The fraction of sp³-hybridized carbons (Fsp3) is 0.250. The zero-order valence-electron chi connectivity index (χ0n) is 15.7. The highest BCUT2D eigenvalue weighted by Gasteiger charge is 2.21. The van der Waals surface area contributed by atoms with Gasteiger partial charge in [-0.25, -0.2) is 9.37 Å². The van der Waals surface area contributed by atoms with Crippen LogP contribution in [0, 0.1) is 17.1 Å². The van der Waals surface area contributed by atoms with Gasteiger partial charge >= 0.3 is 0 Å². The highest BCUT2D eigenvalue weighted by Crippen LogP contribution is 2.34. The van der Waals surface area contributed by atoms with Gasteiger partial charge in [0.2, 0.25) is 0 Å². The molecule has 0 aliphatic carbocycles. The molecular formula is C24H22FN3. The number of rotatable bonds is 3. The first-order valence-electron chi connectivity index (χ1n) is 9.78. The van der Waals surface area contributed by atoms with E-state index in [4.69, 9.17) is 4.98 Å². The van der Waals surface area contributed by atoms with Gasteiger partial charge in [0.05, 0.1) is 5.69 Å². The molecule has 1 fully saturated rings. The molecule has 140 valence electrons. The Morgan fingerprint density at radius 1 is 0.857 bits per heavy atom. The molecule has 0 saturated carbocycles. The first-order valence-corrected chi connectivity index (χ1v) is 9.78. The van der Waals surface area contributed by atoms with E-state index in [-0.39, 0.29) is 5.82 Å². The van der Waals surface area contributed by atoms with Crippen LogP contribution in [0.2, 0.25) is 0 Å². The molecule has 2 heterocycles. The van der Waals surface area contributed by atoms with Gasteiger partial charge in [-0.05, 0) is 36.6 Å². The van der Waals surface area contributed by atoms with Crippen molar-refractivity contribution in [3.05, 3.63) is 72.0 Å². The van der Waals surface area contributed by atoms with E-state index in [1.807, 2.05) is 36.4 Å². The molecule has 28 heavy (non-hydrogen) atoms. The van der Waals surface area contributed by atoms with Crippen molar-refractivity contribution in [2.75, 3.05) is 18.0 Å². The van der Waals surface area contributed by atoms with Gasteiger partial charge in [-0.15, -0.1) is 0 Å². The largest absolute Gasteiger partial charge is 0.355 e. The van der Waals surface area contributed by atoms with E-state index in [2.05, 4.69) is 11.0 Å². The molecule has 1 aliphatic rings. The lowest BCUT2D eigenvalue weighted by atomic mass is 9.98. The van der Waals surface area contributed by atoms with E-state index < -0.39 is 0 Å². The maximum atomic E-state index is 13.5. The Morgan fingerprint density at radius 2 is 1.54 bits per heavy atom. The quantitative estimate of drug-likeness (QED) is 0.583. The number of anilines is 1. The van der Waals surface area contributed by atoms with Crippen molar-refractivity contribution in [3.8, 4) is 28.5 Å². The number of aromatic nitrogens is 1. The predicted octanol–water partition coefficient (Wildman–Crippen LogP) is 5.81. The molecule has 4 rings (SSSR count). The van der Waals surface area contributed by atoms with Crippen LogP contribution >= 0.6 is 0 Å². The third-order valence-electron chi connectivity index (χ3n) is 5.24. The molecule has 1 saturated heterocycles. The summed E-state index contributed by atoms with van der Waals surface area (Å²) in [6.45, 7) is 1.81. The normalized spacial score (nSPS) is 14.4. The molecule has 1 aliphatic heterocycles. The Bertz CT molecular complexity index is 983. The Balaban J connectivity index is 1.92. The van der Waals surface area contributed by atoms with Crippen LogP contribution in [-0.2, 0) is 0 Å². The summed E-state index contributed by atoms with van der Waals surface area (Å²) in [5.41, 5.74) is 4.03. The lowest BCUT2D eigenvalue weighted by Crippen LogP contribution is -2.26. The molecule has 3 aromatic rings. The number of halogens is 1. The minimum absolute atomic E-state index is 0.285. The second-order valence-electron chi connectivity index (χ2n) is 7.14. The second kappa shape index (κ2) is 8.22. The first-order chi connectivity index (χ1) is 13.8. The number of benzene rings is 2. The molecular weight excluding hydrogens is 349 g/mol. The average Bonchev–Trinajstić information content (AvgIpc) is 3.03. The lowest BCUT2D eigenvalue weighted by molar-refractivity contribution is 0.628. The van der Waals surface area contributed by atoms with Crippen LogP contribution in [0.5, 0.6) is 0 Å². The van der Waals surface area contributed by atoms with Crippen molar-refractivity contribution in [1.29, 1.82) is 5.26 Å². The second-order valence-corrected chi connectivity index (χ2v) is 7.14. The zero-order chi connectivity index (χ0) is 19.3. The average molecular weight is 371 g/mol. The Hall–Kier alpha value is -3.19. The van der Waals surface area contributed by atoms with Gasteiger partial charge in [-0.3, -0.25) is 0 Å². The number of nitriles is 1. The molecule has 0 radical (unpaired) electrons. The Kier molecular flexibility index (Phi) is 5.34. The molecule has 0 N–H and O–H groups in total. The Morgan fingerprint density at radius 3 is 2.18 bits per heavy atom. The SMILES string of the molecule is N#Cc1c(-c2ccc(F)cc2)cc(-c2ccccc2)nc1N1CCCCCC1. The van der Waals surface area contributed by atoms with E-state index in [0.717, 1.165) is 54.1 Å². The summed E-state index contributed by atoms with van der Waals surface area (Å²) in [5, 5.41) is 9.99. The van der Waals surface area contributed by atoms with E-state index in [1.54, 1.807) is 12.1 Å². The highest BCUT2D eigenvalue weighted by atomic mass is 19.1. The maximum absolute atomic E-state index is 13.5. The molecule has 3 nitrogen and oxygen atoms in total. The van der Waals surface area contributed by atoms with E-state index in [9.17, 15) is 9.65 Å². The molecule has 0 atom stereocenters. The first kappa shape index (κ1) is 18.2. The molecule has 2 aromatic carbocycles. The summed E-state index contributed by atoms with van der Waals surface area (Å²) in [4.78, 5) is 7.15. The van der Waals surface area contributed by atoms with Crippen LogP contribution < -0.4 is 4.90 Å². The van der Waals surface area contributed by atoms with Crippen LogP contribution in [0.4, 0.5) is 10.2 Å². The van der Waals surface area contributed by atoms with Crippen molar-refractivity contribution in [3.63, 3.8) is 0 Å². The van der Waals surface area contributed by atoms with Crippen LogP contribution in [0.3, 0.4) is 0 Å². The molecule has 0 amide bonds. The van der Waals surface area contributed by atoms with E-state index in [1.165, 1.54) is 25.0 Å². The van der Waals surface area contributed by atoms with Crippen molar-refractivity contribution in [2.24, 2.45) is 0 Å². The van der Waals surface area contributed by atoms with Gasteiger partial charge in [-0.1, -0.05) is 55.3 Å². The summed E-state index contributed by atoms with van der Waals surface area (Å²) in [6.07, 6.45) is 4.63. The van der Waals surface area contributed by atoms with Gasteiger partial charge in [0.1, 0.15) is 23.3 Å².